The molecule has 4 rings (SSSR count). The number of halogens is 2. The number of esters is 1. The maximum atomic E-state index is 14.8. The SMILES string of the molecule is CCOC(=O)c1ccc(N2CCN(CC3=C(c4ccc(Cl)cc4F)CCC(C)(C)C3)CC2)cc1. The van der Waals surface area contributed by atoms with Crippen LogP contribution in [0.4, 0.5) is 10.1 Å². The van der Waals surface area contributed by atoms with E-state index in [9.17, 15) is 9.18 Å². The molecule has 0 amide bonds. The average molecular weight is 485 g/mol. The maximum Gasteiger partial charge on any atom is 0.338 e. The van der Waals surface area contributed by atoms with Crippen LogP contribution in [0.25, 0.3) is 5.57 Å². The summed E-state index contributed by atoms with van der Waals surface area (Å²) in [5.74, 6) is -0.508. The summed E-state index contributed by atoms with van der Waals surface area (Å²) in [5.41, 5.74) is 5.14. The molecule has 0 bridgehead atoms. The van der Waals surface area contributed by atoms with E-state index >= 15 is 0 Å². The predicted molar refractivity (Wildman–Crippen MR) is 137 cm³/mol. The molecule has 4 nitrogen and oxygen atoms in total. The lowest BCUT2D eigenvalue weighted by Gasteiger charge is -2.39. The third-order valence-corrected chi connectivity index (χ3v) is 7.19. The summed E-state index contributed by atoms with van der Waals surface area (Å²) in [6.07, 6.45) is 2.94. The molecule has 34 heavy (non-hydrogen) atoms. The van der Waals surface area contributed by atoms with Crippen LogP contribution in [0.5, 0.6) is 0 Å². The summed E-state index contributed by atoms with van der Waals surface area (Å²) in [4.78, 5) is 16.7. The molecule has 2 aliphatic rings. The molecule has 1 heterocycles. The van der Waals surface area contributed by atoms with Gasteiger partial charge in [0.1, 0.15) is 5.82 Å². The van der Waals surface area contributed by atoms with Gasteiger partial charge >= 0.3 is 5.97 Å². The van der Waals surface area contributed by atoms with Gasteiger partial charge in [-0.1, -0.05) is 37.1 Å². The molecule has 2 aromatic rings. The van der Waals surface area contributed by atoms with Crippen molar-refractivity contribution in [3.8, 4) is 0 Å². The Morgan fingerprint density at radius 2 is 1.79 bits per heavy atom. The minimum Gasteiger partial charge on any atom is -0.462 e. The van der Waals surface area contributed by atoms with Crippen LogP contribution < -0.4 is 4.90 Å². The second-order valence-corrected chi connectivity index (χ2v) is 10.5. The van der Waals surface area contributed by atoms with Gasteiger partial charge < -0.3 is 9.64 Å². The number of benzene rings is 2. The molecular weight excluding hydrogens is 451 g/mol. The average Bonchev–Trinajstić information content (AvgIpc) is 2.80. The normalized spacial score (nSPS) is 18.8. The second-order valence-electron chi connectivity index (χ2n) is 10.1. The molecule has 1 fully saturated rings. The number of hydrogen-bond donors (Lipinski definition) is 0. The maximum absolute atomic E-state index is 14.8. The van der Waals surface area contributed by atoms with Gasteiger partial charge in [0.05, 0.1) is 12.2 Å². The van der Waals surface area contributed by atoms with E-state index in [1.165, 1.54) is 11.6 Å². The van der Waals surface area contributed by atoms with Gasteiger partial charge in [0.25, 0.3) is 0 Å². The highest BCUT2D eigenvalue weighted by Crippen LogP contribution is 2.43. The molecule has 0 N–H and O–H groups in total. The Hall–Kier alpha value is -2.37. The lowest BCUT2D eigenvalue weighted by molar-refractivity contribution is 0.0526. The summed E-state index contributed by atoms with van der Waals surface area (Å²) in [6, 6.07) is 12.7. The van der Waals surface area contributed by atoms with E-state index in [2.05, 4.69) is 23.6 Å². The zero-order chi connectivity index (χ0) is 24.3. The highest BCUT2D eigenvalue weighted by Gasteiger charge is 2.30. The number of carbonyl (C=O) groups is 1. The van der Waals surface area contributed by atoms with Crippen LogP contribution in [0.2, 0.25) is 5.02 Å². The smallest absolute Gasteiger partial charge is 0.338 e. The number of nitrogens with zero attached hydrogens (tertiary/aromatic N) is 2. The van der Waals surface area contributed by atoms with E-state index in [-0.39, 0.29) is 17.2 Å². The zero-order valence-electron chi connectivity index (χ0n) is 20.4. The van der Waals surface area contributed by atoms with Gasteiger partial charge in [-0.15, -0.1) is 0 Å². The van der Waals surface area contributed by atoms with E-state index in [0.29, 0.717) is 22.8 Å². The zero-order valence-corrected chi connectivity index (χ0v) is 21.1. The second kappa shape index (κ2) is 10.5. The molecule has 182 valence electrons. The van der Waals surface area contributed by atoms with Crippen LogP contribution in [0.15, 0.2) is 48.0 Å². The van der Waals surface area contributed by atoms with Crippen molar-refractivity contribution < 1.29 is 13.9 Å². The van der Waals surface area contributed by atoms with Gasteiger partial charge in [0, 0.05) is 49.0 Å². The van der Waals surface area contributed by atoms with Crippen molar-refractivity contribution in [3.63, 3.8) is 0 Å². The Morgan fingerprint density at radius 1 is 1.09 bits per heavy atom. The van der Waals surface area contributed by atoms with Gasteiger partial charge in [-0.3, -0.25) is 4.90 Å². The number of piperazine rings is 1. The van der Waals surface area contributed by atoms with Crippen molar-refractivity contribution in [1.82, 2.24) is 4.90 Å². The van der Waals surface area contributed by atoms with E-state index < -0.39 is 0 Å². The van der Waals surface area contributed by atoms with Gasteiger partial charge in [0.15, 0.2) is 0 Å². The van der Waals surface area contributed by atoms with Gasteiger partial charge in [-0.2, -0.15) is 0 Å². The molecule has 1 aliphatic carbocycles. The fourth-order valence-corrected chi connectivity index (χ4v) is 5.24. The largest absolute Gasteiger partial charge is 0.462 e. The third-order valence-electron chi connectivity index (χ3n) is 6.96. The van der Waals surface area contributed by atoms with E-state index in [1.807, 2.05) is 37.3 Å². The Labute approximate surface area is 207 Å². The molecular formula is C28H34ClFN2O2. The fourth-order valence-electron chi connectivity index (χ4n) is 5.08. The predicted octanol–water partition coefficient (Wildman–Crippen LogP) is 6.44. The standard InChI is InChI=1S/C28H34ClFN2O2/c1-4-34-27(33)20-5-8-23(9-6-20)32-15-13-31(14-16-32)19-21-18-28(2,3)12-11-24(21)25-10-7-22(29)17-26(25)30/h5-10,17H,4,11-16,18-19H2,1-3H3. The Bertz CT molecular complexity index is 1060. The number of carbonyl (C=O) groups excluding carboxylic acids is 1. The highest BCUT2D eigenvalue weighted by atomic mass is 35.5. The molecule has 2 aromatic carbocycles. The molecule has 0 saturated carbocycles. The molecule has 0 aromatic heterocycles. The minimum atomic E-state index is -0.282. The van der Waals surface area contributed by atoms with Crippen molar-refractivity contribution in [2.75, 3.05) is 44.2 Å². The van der Waals surface area contributed by atoms with E-state index in [0.717, 1.165) is 63.2 Å². The van der Waals surface area contributed by atoms with Gasteiger partial charge in [0.2, 0.25) is 0 Å². The van der Waals surface area contributed by atoms with Crippen LogP contribution in [0, 0.1) is 11.2 Å². The summed E-state index contributed by atoms with van der Waals surface area (Å²) in [6.45, 7) is 11.4. The molecule has 6 heteroatoms. The number of ether oxygens (including phenoxy) is 1. The van der Waals surface area contributed by atoms with Crippen molar-refractivity contribution in [2.45, 2.75) is 40.0 Å². The molecule has 0 atom stereocenters. The van der Waals surface area contributed by atoms with Crippen LogP contribution in [-0.4, -0.2) is 50.2 Å². The summed E-state index contributed by atoms with van der Waals surface area (Å²) < 4.78 is 19.8. The number of hydrogen-bond acceptors (Lipinski definition) is 4. The van der Waals surface area contributed by atoms with Crippen LogP contribution >= 0.6 is 11.6 Å². The highest BCUT2D eigenvalue weighted by molar-refractivity contribution is 6.30. The number of allylic oxidation sites excluding steroid dienone is 1. The quantitative estimate of drug-likeness (QED) is 0.441. The molecule has 0 radical (unpaired) electrons. The van der Waals surface area contributed by atoms with Crippen molar-refractivity contribution in [3.05, 3.63) is 70.0 Å². The number of rotatable bonds is 6. The summed E-state index contributed by atoms with van der Waals surface area (Å²) in [5, 5.41) is 0.436. The first-order valence-corrected chi connectivity index (χ1v) is 12.5. The van der Waals surface area contributed by atoms with Gasteiger partial charge in [-0.05, 0) is 73.6 Å². The van der Waals surface area contributed by atoms with Crippen molar-refractivity contribution >= 4 is 28.8 Å². The summed E-state index contributed by atoms with van der Waals surface area (Å²) in [7, 11) is 0. The Kier molecular flexibility index (Phi) is 7.63. The monoisotopic (exact) mass is 484 g/mol. The first-order chi connectivity index (χ1) is 16.3. The lowest BCUT2D eigenvalue weighted by atomic mass is 9.72. The third kappa shape index (κ3) is 5.81. The molecule has 0 unspecified atom stereocenters. The fraction of sp³-hybridized carbons (Fsp3) is 0.464. The lowest BCUT2D eigenvalue weighted by Crippen LogP contribution is -2.47. The van der Waals surface area contributed by atoms with E-state index in [4.69, 9.17) is 16.3 Å². The topological polar surface area (TPSA) is 32.8 Å². The molecule has 1 aliphatic heterocycles. The molecule has 0 spiro atoms. The van der Waals surface area contributed by atoms with Crippen molar-refractivity contribution in [2.24, 2.45) is 5.41 Å². The van der Waals surface area contributed by atoms with Crippen LogP contribution in [0.1, 0.15) is 56.0 Å². The van der Waals surface area contributed by atoms with Crippen LogP contribution in [-0.2, 0) is 4.74 Å². The minimum absolute atomic E-state index is 0.226. The Balaban J connectivity index is 1.44. The van der Waals surface area contributed by atoms with E-state index in [1.54, 1.807) is 6.07 Å². The first-order valence-electron chi connectivity index (χ1n) is 12.2. The van der Waals surface area contributed by atoms with Crippen molar-refractivity contribution in [1.29, 1.82) is 0 Å². The first kappa shape index (κ1) is 24.7. The van der Waals surface area contributed by atoms with Crippen LogP contribution in [0.3, 0.4) is 0 Å². The number of anilines is 1. The Morgan fingerprint density at radius 3 is 2.44 bits per heavy atom. The molecule has 1 saturated heterocycles. The summed E-state index contributed by atoms with van der Waals surface area (Å²) >= 11 is 6.00. The van der Waals surface area contributed by atoms with Gasteiger partial charge in [-0.25, -0.2) is 9.18 Å².